The highest BCUT2D eigenvalue weighted by Crippen LogP contribution is 2.20. The molecule has 26 heavy (non-hydrogen) atoms. The second-order valence-electron chi connectivity index (χ2n) is 5.44. The molecular formula is C18H13FN6S. The van der Waals surface area contributed by atoms with Crippen molar-refractivity contribution in [2.24, 2.45) is 5.10 Å². The van der Waals surface area contributed by atoms with Gasteiger partial charge in [-0.15, -0.1) is 0 Å². The van der Waals surface area contributed by atoms with E-state index < -0.39 is 5.82 Å². The maximum absolute atomic E-state index is 14.1. The van der Waals surface area contributed by atoms with E-state index in [1.165, 1.54) is 10.7 Å². The molecule has 0 saturated heterocycles. The minimum absolute atomic E-state index is 0.273. The number of aromatic amines is 1. The summed E-state index contributed by atoms with van der Waals surface area (Å²) >= 11 is 5.20. The average molecular weight is 364 g/mol. The summed E-state index contributed by atoms with van der Waals surface area (Å²) in [6.45, 7) is 0. The molecule has 0 unspecified atom stereocenters. The molecule has 128 valence electrons. The van der Waals surface area contributed by atoms with Crippen LogP contribution in [0.15, 0.2) is 72.1 Å². The van der Waals surface area contributed by atoms with Gasteiger partial charge in [0.2, 0.25) is 4.77 Å². The van der Waals surface area contributed by atoms with Gasteiger partial charge in [-0.05, 0) is 36.5 Å². The van der Waals surface area contributed by atoms with Gasteiger partial charge in [0.05, 0.1) is 23.7 Å². The van der Waals surface area contributed by atoms with Crippen molar-refractivity contribution in [3.63, 3.8) is 0 Å². The molecular weight excluding hydrogens is 351 g/mol. The number of benzene rings is 2. The molecule has 0 amide bonds. The summed E-state index contributed by atoms with van der Waals surface area (Å²) < 4.78 is 17.5. The Bertz CT molecular complexity index is 1130. The van der Waals surface area contributed by atoms with Gasteiger partial charge in [0.25, 0.3) is 0 Å². The van der Waals surface area contributed by atoms with Gasteiger partial charge in [-0.3, -0.25) is 0 Å². The lowest BCUT2D eigenvalue weighted by Gasteiger charge is -2.01. The number of nitrogens with one attached hydrogen (secondary N) is 1. The number of nitrogens with zero attached hydrogens (tertiary/aromatic N) is 5. The summed E-state index contributed by atoms with van der Waals surface area (Å²) in [5, 5.41) is 15.4. The Hall–Kier alpha value is -3.39. The minimum atomic E-state index is -0.394. The maximum atomic E-state index is 14.1. The summed E-state index contributed by atoms with van der Waals surface area (Å²) in [6.07, 6.45) is 5.12. The van der Waals surface area contributed by atoms with Crippen LogP contribution in [0.2, 0.25) is 0 Å². The Morgan fingerprint density at radius 2 is 1.85 bits per heavy atom. The van der Waals surface area contributed by atoms with Crippen LogP contribution in [-0.2, 0) is 0 Å². The predicted octanol–water partition coefficient (Wildman–Crippen LogP) is 3.81. The molecule has 1 N–H and O–H groups in total. The van der Waals surface area contributed by atoms with Crippen molar-refractivity contribution < 1.29 is 4.39 Å². The monoisotopic (exact) mass is 364 g/mol. The van der Waals surface area contributed by atoms with Gasteiger partial charge in [-0.1, -0.05) is 30.3 Å². The van der Waals surface area contributed by atoms with Gasteiger partial charge in [-0.2, -0.15) is 20.0 Å². The zero-order chi connectivity index (χ0) is 17.9. The molecule has 2 aromatic carbocycles. The molecule has 0 aliphatic rings. The van der Waals surface area contributed by atoms with E-state index >= 15 is 0 Å². The summed E-state index contributed by atoms with van der Waals surface area (Å²) in [5.41, 5.74) is 2.03. The third-order valence-electron chi connectivity index (χ3n) is 3.71. The minimum Gasteiger partial charge on any atom is -0.250 e. The predicted molar refractivity (Wildman–Crippen MR) is 99.4 cm³/mol. The van der Waals surface area contributed by atoms with E-state index in [4.69, 9.17) is 12.2 Å². The molecule has 6 nitrogen and oxygen atoms in total. The Morgan fingerprint density at radius 3 is 2.65 bits per heavy atom. The lowest BCUT2D eigenvalue weighted by atomic mass is 10.2. The van der Waals surface area contributed by atoms with Crippen LogP contribution < -0.4 is 0 Å². The van der Waals surface area contributed by atoms with Crippen LogP contribution in [0.5, 0.6) is 0 Å². The number of rotatable bonds is 4. The molecule has 0 aliphatic carbocycles. The smallest absolute Gasteiger partial charge is 0.216 e. The van der Waals surface area contributed by atoms with Gasteiger partial charge in [0, 0.05) is 11.8 Å². The van der Waals surface area contributed by atoms with Crippen molar-refractivity contribution in [2.45, 2.75) is 0 Å². The molecule has 0 fully saturated rings. The second kappa shape index (κ2) is 6.85. The van der Waals surface area contributed by atoms with Gasteiger partial charge >= 0.3 is 0 Å². The Kier molecular flexibility index (Phi) is 4.24. The number of hydrogen-bond acceptors (Lipinski definition) is 4. The van der Waals surface area contributed by atoms with E-state index in [-0.39, 0.29) is 4.77 Å². The Morgan fingerprint density at radius 1 is 1.08 bits per heavy atom. The zero-order valence-electron chi connectivity index (χ0n) is 13.5. The Balaban J connectivity index is 1.67. The normalized spacial score (nSPS) is 11.3. The van der Waals surface area contributed by atoms with Crippen molar-refractivity contribution in [2.75, 3.05) is 0 Å². The fourth-order valence-electron chi connectivity index (χ4n) is 2.47. The van der Waals surface area contributed by atoms with E-state index in [1.807, 2.05) is 36.5 Å². The van der Waals surface area contributed by atoms with Crippen LogP contribution in [0, 0.1) is 10.6 Å². The van der Waals surface area contributed by atoms with E-state index in [1.54, 1.807) is 35.3 Å². The van der Waals surface area contributed by atoms with Crippen LogP contribution >= 0.6 is 12.2 Å². The first-order valence-electron chi connectivity index (χ1n) is 7.79. The van der Waals surface area contributed by atoms with Crippen LogP contribution in [0.1, 0.15) is 5.56 Å². The van der Waals surface area contributed by atoms with E-state index in [0.717, 1.165) is 11.3 Å². The fourth-order valence-corrected chi connectivity index (χ4v) is 2.64. The molecule has 4 aromatic rings. The molecule has 4 rings (SSSR count). The van der Waals surface area contributed by atoms with Gasteiger partial charge in [0.15, 0.2) is 5.82 Å². The molecule has 0 bridgehead atoms. The first-order valence-corrected chi connectivity index (χ1v) is 8.20. The van der Waals surface area contributed by atoms with Crippen molar-refractivity contribution in [1.82, 2.24) is 24.7 Å². The van der Waals surface area contributed by atoms with Crippen LogP contribution in [0.4, 0.5) is 4.39 Å². The molecule has 0 aliphatic heterocycles. The third-order valence-corrected chi connectivity index (χ3v) is 3.97. The van der Waals surface area contributed by atoms with Gasteiger partial charge in [-0.25, -0.2) is 14.2 Å². The molecule has 2 aromatic heterocycles. The van der Waals surface area contributed by atoms with E-state index in [2.05, 4.69) is 20.4 Å². The van der Waals surface area contributed by atoms with Crippen LogP contribution in [0.3, 0.4) is 0 Å². The topological polar surface area (TPSA) is 63.8 Å². The summed E-state index contributed by atoms with van der Waals surface area (Å²) in [5.74, 6) is -0.0883. The molecule has 0 atom stereocenters. The lowest BCUT2D eigenvalue weighted by Crippen LogP contribution is -1.96. The average Bonchev–Trinajstić information content (AvgIpc) is 3.28. The quantitative estimate of drug-likeness (QED) is 0.442. The first kappa shape index (κ1) is 16.1. The molecule has 0 saturated carbocycles. The third kappa shape index (κ3) is 3.09. The lowest BCUT2D eigenvalue weighted by molar-refractivity contribution is 0.628. The standard InChI is InChI=1S/C18H13FN6S/c19-16-9-5-4-8-15(16)17-22-23-18(26)25(17)21-11-13-10-20-24(12-13)14-6-2-1-3-7-14/h1-12H,(H,23,26)/b21-11-. The highest BCUT2D eigenvalue weighted by Gasteiger charge is 2.12. The van der Waals surface area contributed by atoms with Crippen molar-refractivity contribution in [3.8, 4) is 17.1 Å². The largest absolute Gasteiger partial charge is 0.250 e. The van der Waals surface area contributed by atoms with Crippen molar-refractivity contribution in [1.29, 1.82) is 0 Å². The number of para-hydroxylation sites is 1. The van der Waals surface area contributed by atoms with E-state index in [9.17, 15) is 4.39 Å². The number of halogens is 1. The molecule has 2 heterocycles. The highest BCUT2D eigenvalue weighted by molar-refractivity contribution is 7.71. The maximum Gasteiger partial charge on any atom is 0.216 e. The first-order chi connectivity index (χ1) is 12.7. The summed E-state index contributed by atoms with van der Waals surface area (Å²) in [7, 11) is 0. The summed E-state index contributed by atoms with van der Waals surface area (Å²) in [6, 6.07) is 16.1. The van der Waals surface area contributed by atoms with Crippen LogP contribution in [-0.4, -0.2) is 30.9 Å². The van der Waals surface area contributed by atoms with Crippen molar-refractivity contribution in [3.05, 3.63) is 83.1 Å². The number of aromatic nitrogens is 5. The second-order valence-corrected chi connectivity index (χ2v) is 5.83. The van der Waals surface area contributed by atoms with E-state index in [0.29, 0.717) is 11.4 Å². The highest BCUT2D eigenvalue weighted by atomic mass is 32.1. The summed E-state index contributed by atoms with van der Waals surface area (Å²) in [4.78, 5) is 0. The van der Waals surface area contributed by atoms with Crippen molar-refractivity contribution >= 4 is 18.4 Å². The molecule has 8 heteroatoms. The van der Waals surface area contributed by atoms with Crippen LogP contribution in [0.25, 0.3) is 17.1 Å². The number of H-pyrrole nitrogens is 1. The zero-order valence-corrected chi connectivity index (χ0v) is 14.3. The van der Waals surface area contributed by atoms with Gasteiger partial charge in [0.1, 0.15) is 5.82 Å². The van der Waals surface area contributed by atoms with Gasteiger partial charge < -0.3 is 0 Å². The Labute approximate surface area is 153 Å². The number of hydrogen-bond donors (Lipinski definition) is 1. The molecule has 0 spiro atoms. The molecule has 0 radical (unpaired) electrons. The SMILES string of the molecule is Fc1ccccc1-c1n[nH]c(=S)n1/N=C\c1cnn(-c2ccccc2)c1. The fraction of sp³-hybridized carbons (Fsp3) is 0.